The second-order valence-electron chi connectivity index (χ2n) is 10.2. The average molecular weight is 489 g/mol. The number of aromatic amines is 1. The van der Waals surface area contributed by atoms with Gasteiger partial charge in [-0.3, -0.25) is 14.3 Å². The molecule has 3 heterocycles. The van der Waals surface area contributed by atoms with Crippen molar-refractivity contribution in [3.8, 4) is 6.07 Å². The minimum Gasteiger partial charge on any atom is -0.377 e. The van der Waals surface area contributed by atoms with Gasteiger partial charge in [0.15, 0.2) is 5.82 Å². The molecule has 9 nitrogen and oxygen atoms in total. The number of nitriles is 1. The van der Waals surface area contributed by atoms with Gasteiger partial charge in [0.2, 0.25) is 0 Å². The van der Waals surface area contributed by atoms with E-state index in [1.165, 1.54) is 0 Å². The van der Waals surface area contributed by atoms with Crippen molar-refractivity contribution in [3.05, 3.63) is 51.9 Å². The fourth-order valence-corrected chi connectivity index (χ4v) is 5.17. The van der Waals surface area contributed by atoms with Gasteiger partial charge in [0.05, 0.1) is 43.3 Å². The molecule has 1 unspecified atom stereocenters. The summed E-state index contributed by atoms with van der Waals surface area (Å²) >= 11 is 0. The summed E-state index contributed by atoms with van der Waals surface area (Å²) in [5, 5.41) is 17.9. The molecule has 5 rings (SSSR count). The predicted octanol–water partition coefficient (Wildman–Crippen LogP) is 4.14. The quantitative estimate of drug-likeness (QED) is 0.516. The minimum atomic E-state index is -0.233. The van der Waals surface area contributed by atoms with Crippen LogP contribution >= 0.6 is 0 Å². The fraction of sp³-hybridized carbons (Fsp3) is 0.481. The Kier molecular flexibility index (Phi) is 6.54. The Morgan fingerprint density at radius 1 is 1.33 bits per heavy atom. The van der Waals surface area contributed by atoms with Crippen molar-refractivity contribution in [2.75, 3.05) is 25.1 Å². The number of H-pyrrole nitrogens is 1. The summed E-state index contributed by atoms with van der Waals surface area (Å²) in [4.78, 5) is 30.8. The zero-order valence-electron chi connectivity index (χ0n) is 21.0. The molecule has 1 saturated heterocycles. The van der Waals surface area contributed by atoms with Gasteiger partial charge in [-0.2, -0.15) is 10.4 Å². The van der Waals surface area contributed by atoms with Crippen LogP contribution in [0.1, 0.15) is 55.1 Å². The van der Waals surface area contributed by atoms with Crippen molar-refractivity contribution < 1.29 is 9.53 Å². The molecule has 1 saturated carbocycles. The van der Waals surface area contributed by atoms with E-state index in [2.05, 4.69) is 30.2 Å². The largest absolute Gasteiger partial charge is 0.377 e. The first-order valence-electron chi connectivity index (χ1n) is 12.6. The van der Waals surface area contributed by atoms with E-state index in [0.717, 1.165) is 24.1 Å². The van der Waals surface area contributed by atoms with Crippen molar-refractivity contribution in [2.24, 2.45) is 11.8 Å². The molecular weight excluding hydrogens is 456 g/mol. The first-order chi connectivity index (χ1) is 17.4. The van der Waals surface area contributed by atoms with E-state index in [9.17, 15) is 14.9 Å². The van der Waals surface area contributed by atoms with Gasteiger partial charge in [0.25, 0.3) is 11.5 Å². The summed E-state index contributed by atoms with van der Waals surface area (Å²) in [7, 11) is 0. The number of amides is 1. The Morgan fingerprint density at radius 2 is 2.14 bits per heavy atom. The Morgan fingerprint density at radius 3 is 2.83 bits per heavy atom. The summed E-state index contributed by atoms with van der Waals surface area (Å²) in [6, 6.07) is 9.70. The predicted molar refractivity (Wildman–Crippen MR) is 137 cm³/mol. The lowest BCUT2D eigenvalue weighted by atomic mass is 9.99. The summed E-state index contributed by atoms with van der Waals surface area (Å²) in [6.07, 6.45) is 4.09. The molecule has 3 aromatic rings. The number of nitrogens with one attached hydrogen (secondary N) is 2. The van der Waals surface area contributed by atoms with Gasteiger partial charge in [0.1, 0.15) is 5.39 Å². The lowest BCUT2D eigenvalue weighted by Gasteiger charge is -2.38. The number of benzene rings is 1. The number of aromatic nitrogens is 3. The summed E-state index contributed by atoms with van der Waals surface area (Å²) < 4.78 is 7.45. The molecule has 2 N–H and O–H groups in total. The van der Waals surface area contributed by atoms with Crippen molar-refractivity contribution in [2.45, 2.75) is 52.1 Å². The maximum absolute atomic E-state index is 13.4. The maximum Gasteiger partial charge on any atom is 0.261 e. The highest BCUT2D eigenvalue weighted by molar-refractivity contribution is 5.97. The van der Waals surface area contributed by atoms with Crippen molar-refractivity contribution >= 4 is 28.3 Å². The molecule has 1 aromatic carbocycles. The molecular formula is C27H32N6O3. The molecule has 36 heavy (non-hydrogen) atoms. The third kappa shape index (κ3) is 4.49. The molecule has 0 radical (unpaired) electrons. The van der Waals surface area contributed by atoms with Crippen LogP contribution in [-0.4, -0.2) is 51.4 Å². The molecule has 1 amide bonds. The topological polar surface area (TPSA) is 116 Å². The molecule has 1 aliphatic carbocycles. The lowest BCUT2D eigenvalue weighted by molar-refractivity contribution is -0.0155. The van der Waals surface area contributed by atoms with Crippen LogP contribution in [0.4, 0.5) is 11.5 Å². The molecule has 188 valence electrons. The van der Waals surface area contributed by atoms with Gasteiger partial charge in [-0.15, -0.1) is 0 Å². The van der Waals surface area contributed by atoms with Crippen LogP contribution < -0.4 is 10.9 Å². The van der Waals surface area contributed by atoms with Gasteiger partial charge >= 0.3 is 0 Å². The number of ether oxygens (including phenoxy) is 1. The fourth-order valence-electron chi connectivity index (χ4n) is 5.17. The van der Waals surface area contributed by atoms with Gasteiger partial charge in [-0.05, 0) is 61.4 Å². The van der Waals surface area contributed by atoms with Crippen molar-refractivity contribution in [1.82, 2.24) is 19.7 Å². The second kappa shape index (κ2) is 9.78. The van der Waals surface area contributed by atoms with E-state index in [0.29, 0.717) is 60.3 Å². The third-order valence-electron chi connectivity index (χ3n) is 7.33. The van der Waals surface area contributed by atoms with Crippen LogP contribution in [0.2, 0.25) is 0 Å². The average Bonchev–Trinajstić information content (AvgIpc) is 3.64. The van der Waals surface area contributed by atoms with Crippen molar-refractivity contribution in [3.63, 3.8) is 0 Å². The highest BCUT2D eigenvalue weighted by atomic mass is 16.5. The number of rotatable bonds is 7. The summed E-state index contributed by atoms with van der Waals surface area (Å²) in [5.41, 5.74) is 2.72. The number of hydrogen-bond acceptors (Lipinski definition) is 6. The Labute approximate surface area is 210 Å². The number of fused-ring (bicyclic) bond motifs is 1. The molecule has 2 atom stereocenters. The van der Waals surface area contributed by atoms with Gasteiger partial charge < -0.3 is 19.9 Å². The molecule has 2 aliphatic rings. The molecule has 0 spiro atoms. The number of hydrogen-bond donors (Lipinski definition) is 2. The first kappa shape index (κ1) is 24.1. The minimum absolute atomic E-state index is 0.0102. The monoisotopic (exact) mass is 488 g/mol. The van der Waals surface area contributed by atoms with E-state index in [4.69, 9.17) is 9.84 Å². The Balaban J connectivity index is 1.45. The number of carbonyl (C=O) groups excluding carboxylic acids is 1. The summed E-state index contributed by atoms with van der Waals surface area (Å²) in [6.45, 7) is 7.82. The van der Waals surface area contributed by atoms with Gasteiger partial charge in [-0.1, -0.05) is 13.8 Å². The zero-order chi connectivity index (χ0) is 25.4. The number of carbonyl (C=O) groups is 1. The normalized spacial score (nSPS) is 18.9. The molecule has 9 heteroatoms. The van der Waals surface area contributed by atoms with Gasteiger partial charge in [0, 0.05) is 24.0 Å². The number of anilines is 2. The molecule has 2 fully saturated rings. The van der Waals surface area contributed by atoms with Crippen LogP contribution in [0, 0.1) is 30.1 Å². The maximum atomic E-state index is 13.4. The molecule has 2 aromatic heterocycles. The lowest BCUT2D eigenvalue weighted by Crippen LogP contribution is -2.51. The zero-order valence-corrected chi connectivity index (χ0v) is 21.0. The third-order valence-corrected chi connectivity index (χ3v) is 7.33. The Hall–Kier alpha value is -3.64. The number of aryl methyl sites for hydroxylation is 1. The molecule has 1 aliphatic heterocycles. The van der Waals surface area contributed by atoms with Crippen LogP contribution in [-0.2, 0) is 4.74 Å². The number of morpholine rings is 1. The second-order valence-corrected chi connectivity index (χ2v) is 10.2. The smallest absolute Gasteiger partial charge is 0.261 e. The van der Waals surface area contributed by atoms with Crippen LogP contribution in [0.5, 0.6) is 0 Å². The van der Waals surface area contributed by atoms with E-state index in [-0.39, 0.29) is 23.6 Å². The highest BCUT2D eigenvalue weighted by Gasteiger charge is 2.35. The Bertz CT molecular complexity index is 1380. The van der Waals surface area contributed by atoms with E-state index < -0.39 is 0 Å². The number of nitrogens with zero attached hydrogens (tertiary/aromatic N) is 4. The van der Waals surface area contributed by atoms with Gasteiger partial charge in [-0.25, -0.2) is 0 Å². The SMILES string of the molecule is Cc1cc(Nc2nn(C(CC#N)C3CC3)c3cc[nH]c(=O)c23)ccc1C(=O)N1CCOC[C@H]1C(C)C. The van der Waals surface area contributed by atoms with E-state index >= 15 is 0 Å². The van der Waals surface area contributed by atoms with Crippen LogP contribution in [0.25, 0.3) is 10.9 Å². The van der Waals surface area contributed by atoms with E-state index in [1.807, 2.05) is 40.8 Å². The van der Waals surface area contributed by atoms with Crippen molar-refractivity contribution in [1.29, 1.82) is 5.26 Å². The van der Waals surface area contributed by atoms with E-state index in [1.54, 1.807) is 6.20 Å². The molecule has 0 bridgehead atoms. The number of pyridine rings is 1. The highest BCUT2D eigenvalue weighted by Crippen LogP contribution is 2.43. The standard InChI is InChI=1S/C27H32N6O3/c1-16(2)23-15-36-13-12-32(23)27(35)20-7-6-19(14-17(20)3)30-25-24-22(9-11-29-26(24)34)33(31-25)21(8-10-28)18-4-5-18/h6-7,9,11,14,16,18,21,23H,4-5,8,12-13,15H2,1-3H3,(H,29,34)(H,30,31)/t21?,23-/m0/s1. The van der Waals surface area contributed by atoms with Crippen LogP contribution in [0.15, 0.2) is 35.3 Å². The van der Waals surface area contributed by atoms with Crippen LogP contribution in [0.3, 0.4) is 0 Å². The summed E-state index contributed by atoms with van der Waals surface area (Å²) in [5.74, 6) is 1.16. The first-order valence-corrected chi connectivity index (χ1v) is 12.6.